The van der Waals surface area contributed by atoms with E-state index < -0.39 is 41.8 Å². The number of aliphatic hydroxyl groups is 1. The molecule has 38 heavy (non-hydrogen) atoms. The zero-order valence-electron chi connectivity index (χ0n) is 21.7. The fourth-order valence-electron chi connectivity index (χ4n) is 3.79. The number of ether oxygens (including phenoxy) is 4. The number of aliphatic hydroxyl groups excluding tert-OH is 1. The van der Waals surface area contributed by atoms with Crippen molar-refractivity contribution in [1.82, 2.24) is 4.90 Å². The van der Waals surface area contributed by atoms with E-state index in [0.717, 1.165) is 29.5 Å². The van der Waals surface area contributed by atoms with Crippen molar-refractivity contribution in [3.05, 3.63) is 48.0 Å². The summed E-state index contributed by atoms with van der Waals surface area (Å²) in [6, 6.07) is 8.68. The molecule has 0 aliphatic carbocycles. The van der Waals surface area contributed by atoms with Crippen LogP contribution >= 0.6 is 0 Å². The van der Waals surface area contributed by atoms with E-state index in [0.29, 0.717) is 32.7 Å². The van der Waals surface area contributed by atoms with Crippen LogP contribution in [0.2, 0.25) is 0 Å². The van der Waals surface area contributed by atoms with Gasteiger partial charge in [-0.25, -0.2) is 9.69 Å². The molecule has 1 fully saturated rings. The van der Waals surface area contributed by atoms with E-state index >= 15 is 0 Å². The first-order valence-corrected chi connectivity index (χ1v) is 12.5. The van der Waals surface area contributed by atoms with E-state index in [9.17, 15) is 24.0 Å². The van der Waals surface area contributed by atoms with Crippen molar-refractivity contribution < 1.29 is 48.0 Å². The zero-order valence-corrected chi connectivity index (χ0v) is 21.7. The standard InChI is InChI=1S/C27H35NO10/c1-19(26(33)28-22(18-37-27(28)34)17-21-7-4-3-5-8-21)25(38-20(2)30)24(32)11-10-23(31)9-6-13-35-15-16-36-14-12-29/h3-5,7-8,10-11,19,22,25,29H,6,9,12-18H2,1-2H3/t19-,22-,25-/m1/s1. The molecular formula is C27H35NO10. The summed E-state index contributed by atoms with van der Waals surface area (Å²) >= 11 is 0. The van der Waals surface area contributed by atoms with E-state index in [2.05, 4.69) is 0 Å². The number of allylic oxidation sites excluding steroid dienone is 1. The van der Waals surface area contributed by atoms with E-state index in [1.165, 1.54) is 6.92 Å². The lowest BCUT2D eigenvalue weighted by Crippen LogP contribution is -2.48. The van der Waals surface area contributed by atoms with Gasteiger partial charge in [-0.3, -0.25) is 19.2 Å². The number of esters is 1. The number of hydrogen-bond acceptors (Lipinski definition) is 10. The minimum Gasteiger partial charge on any atom is -0.453 e. The summed E-state index contributed by atoms with van der Waals surface area (Å²) in [5, 5.41) is 8.62. The van der Waals surface area contributed by atoms with Crippen LogP contribution in [0, 0.1) is 5.92 Å². The summed E-state index contributed by atoms with van der Waals surface area (Å²) < 4.78 is 20.6. The molecule has 0 saturated carbocycles. The zero-order chi connectivity index (χ0) is 27.9. The summed E-state index contributed by atoms with van der Waals surface area (Å²) in [7, 11) is 0. The molecule has 1 aliphatic heterocycles. The number of amides is 2. The molecule has 1 aromatic rings. The van der Waals surface area contributed by atoms with Gasteiger partial charge in [0.05, 0.1) is 38.4 Å². The maximum Gasteiger partial charge on any atom is 0.416 e. The highest BCUT2D eigenvalue weighted by Gasteiger charge is 2.43. The Kier molecular flexibility index (Phi) is 13.3. The number of nitrogens with zero attached hydrogens (tertiary/aromatic N) is 1. The molecule has 11 heteroatoms. The number of cyclic esters (lactones) is 1. The minimum absolute atomic E-state index is 0.00612. The molecule has 1 N–H and O–H groups in total. The van der Waals surface area contributed by atoms with Crippen molar-refractivity contribution >= 4 is 29.5 Å². The second-order valence-electron chi connectivity index (χ2n) is 8.70. The largest absolute Gasteiger partial charge is 0.453 e. The minimum atomic E-state index is -1.52. The third kappa shape index (κ3) is 10.2. The number of benzene rings is 1. The van der Waals surface area contributed by atoms with E-state index in [-0.39, 0.29) is 32.0 Å². The van der Waals surface area contributed by atoms with Crippen molar-refractivity contribution in [2.24, 2.45) is 5.92 Å². The van der Waals surface area contributed by atoms with Gasteiger partial charge in [0.1, 0.15) is 6.61 Å². The fraction of sp³-hybridized carbons (Fsp3) is 0.519. The third-order valence-corrected chi connectivity index (χ3v) is 5.68. The van der Waals surface area contributed by atoms with Crippen LogP contribution in [0.5, 0.6) is 0 Å². The first-order chi connectivity index (χ1) is 18.2. The van der Waals surface area contributed by atoms with Crippen LogP contribution in [0.1, 0.15) is 32.3 Å². The number of carbonyl (C=O) groups excluding carboxylic acids is 5. The van der Waals surface area contributed by atoms with Crippen molar-refractivity contribution in [3.8, 4) is 0 Å². The molecule has 1 heterocycles. The fourth-order valence-corrected chi connectivity index (χ4v) is 3.79. The van der Waals surface area contributed by atoms with Gasteiger partial charge in [-0.1, -0.05) is 30.3 Å². The van der Waals surface area contributed by atoms with Crippen molar-refractivity contribution in [1.29, 1.82) is 0 Å². The quantitative estimate of drug-likeness (QED) is 0.178. The van der Waals surface area contributed by atoms with Crippen LogP contribution in [-0.4, -0.2) is 91.3 Å². The van der Waals surface area contributed by atoms with Crippen molar-refractivity contribution in [2.45, 2.75) is 45.3 Å². The average molecular weight is 534 g/mol. The predicted octanol–water partition coefficient (Wildman–Crippen LogP) is 1.64. The molecule has 1 saturated heterocycles. The number of rotatable bonds is 17. The molecule has 1 aromatic carbocycles. The molecule has 2 rings (SSSR count). The first kappa shape index (κ1) is 30.8. The topological polar surface area (TPSA) is 146 Å². The van der Waals surface area contributed by atoms with Crippen LogP contribution in [0.25, 0.3) is 0 Å². The molecule has 1 aliphatic rings. The molecule has 2 amide bonds. The monoisotopic (exact) mass is 533 g/mol. The lowest BCUT2D eigenvalue weighted by atomic mass is 9.97. The van der Waals surface area contributed by atoms with Gasteiger partial charge in [0.2, 0.25) is 5.91 Å². The Labute approximate surface area is 221 Å². The summed E-state index contributed by atoms with van der Waals surface area (Å²) in [5.41, 5.74) is 0.899. The smallest absolute Gasteiger partial charge is 0.416 e. The van der Waals surface area contributed by atoms with Crippen LogP contribution in [0.15, 0.2) is 42.5 Å². The van der Waals surface area contributed by atoms with Gasteiger partial charge in [0, 0.05) is 20.0 Å². The van der Waals surface area contributed by atoms with Crippen LogP contribution < -0.4 is 0 Å². The van der Waals surface area contributed by atoms with Gasteiger partial charge in [-0.2, -0.15) is 0 Å². The Morgan fingerprint density at radius 3 is 2.42 bits per heavy atom. The highest BCUT2D eigenvalue weighted by atomic mass is 16.6. The van der Waals surface area contributed by atoms with Crippen LogP contribution in [0.3, 0.4) is 0 Å². The average Bonchev–Trinajstić information content (AvgIpc) is 3.26. The van der Waals surface area contributed by atoms with E-state index in [1.807, 2.05) is 30.3 Å². The van der Waals surface area contributed by atoms with Gasteiger partial charge < -0.3 is 24.1 Å². The Balaban J connectivity index is 1.95. The van der Waals surface area contributed by atoms with Crippen molar-refractivity contribution in [3.63, 3.8) is 0 Å². The highest BCUT2D eigenvalue weighted by Crippen LogP contribution is 2.23. The normalized spacial score (nSPS) is 16.8. The predicted molar refractivity (Wildman–Crippen MR) is 134 cm³/mol. The number of ketones is 2. The van der Waals surface area contributed by atoms with Gasteiger partial charge in [-0.15, -0.1) is 0 Å². The number of imide groups is 1. The highest BCUT2D eigenvalue weighted by molar-refractivity contribution is 6.04. The summed E-state index contributed by atoms with van der Waals surface area (Å²) in [6.07, 6.45) is 0.608. The molecule has 0 aromatic heterocycles. The number of hydrogen-bond donors (Lipinski definition) is 1. The van der Waals surface area contributed by atoms with Gasteiger partial charge in [0.15, 0.2) is 17.7 Å². The summed E-state index contributed by atoms with van der Waals surface area (Å²) in [4.78, 5) is 63.3. The number of carbonyl (C=O) groups is 5. The molecule has 0 spiro atoms. The second kappa shape index (κ2) is 16.4. The SMILES string of the molecule is CC(=O)O[C@@H](C(=O)C=CC(=O)CCCOCCOCCO)[C@@H](C)C(=O)N1C(=O)OC[C@H]1Cc1ccccc1. The molecule has 11 nitrogen and oxygen atoms in total. The summed E-state index contributed by atoms with van der Waals surface area (Å²) in [5.74, 6) is -3.79. The lowest BCUT2D eigenvalue weighted by Gasteiger charge is -2.26. The molecule has 0 bridgehead atoms. The third-order valence-electron chi connectivity index (χ3n) is 5.68. The Morgan fingerprint density at radius 1 is 1.08 bits per heavy atom. The maximum absolute atomic E-state index is 13.3. The Hall–Kier alpha value is -3.41. The van der Waals surface area contributed by atoms with Crippen LogP contribution in [0.4, 0.5) is 4.79 Å². The Morgan fingerprint density at radius 2 is 1.76 bits per heavy atom. The lowest BCUT2D eigenvalue weighted by molar-refractivity contribution is -0.158. The van der Waals surface area contributed by atoms with Crippen molar-refractivity contribution in [2.75, 3.05) is 39.6 Å². The van der Waals surface area contributed by atoms with Crippen LogP contribution in [-0.2, 0) is 44.5 Å². The van der Waals surface area contributed by atoms with E-state index in [1.54, 1.807) is 0 Å². The molecule has 3 atom stereocenters. The molecule has 0 radical (unpaired) electrons. The molecule has 208 valence electrons. The first-order valence-electron chi connectivity index (χ1n) is 12.5. The second-order valence-corrected chi connectivity index (χ2v) is 8.70. The molecular weight excluding hydrogens is 498 g/mol. The Bertz CT molecular complexity index is 977. The maximum atomic E-state index is 13.3. The summed E-state index contributed by atoms with van der Waals surface area (Å²) in [6.45, 7) is 3.63. The van der Waals surface area contributed by atoms with Gasteiger partial charge >= 0.3 is 12.1 Å². The van der Waals surface area contributed by atoms with Gasteiger partial charge in [-0.05, 0) is 37.5 Å². The van der Waals surface area contributed by atoms with Gasteiger partial charge in [0.25, 0.3) is 0 Å². The molecule has 0 unspecified atom stereocenters. The van der Waals surface area contributed by atoms with E-state index in [4.69, 9.17) is 24.1 Å².